The second kappa shape index (κ2) is 6.38. The first-order chi connectivity index (χ1) is 9.22. The van der Waals surface area contributed by atoms with Gasteiger partial charge in [-0.1, -0.05) is 13.0 Å². The first-order valence-corrected chi connectivity index (χ1v) is 6.51. The second-order valence-electron chi connectivity index (χ2n) is 4.58. The Kier molecular flexibility index (Phi) is 4.58. The van der Waals surface area contributed by atoms with E-state index in [-0.39, 0.29) is 0 Å². The zero-order chi connectivity index (χ0) is 13.7. The quantitative estimate of drug-likeness (QED) is 0.863. The van der Waals surface area contributed by atoms with E-state index in [0.29, 0.717) is 18.5 Å². The normalized spacial score (nSPS) is 12.4. The summed E-state index contributed by atoms with van der Waals surface area (Å²) in [5.41, 5.74) is 2.92. The first-order valence-electron chi connectivity index (χ1n) is 6.51. The van der Waals surface area contributed by atoms with E-state index in [1.54, 1.807) is 13.4 Å². The summed E-state index contributed by atoms with van der Waals surface area (Å²) >= 11 is 0. The summed E-state index contributed by atoms with van der Waals surface area (Å²) in [7, 11) is 1.72. The number of oxazole rings is 1. The van der Waals surface area contributed by atoms with Crippen LogP contribution in [-0.2, 0) is 4.74 Å². The van der Waals surface area contributed by atoms with Gasteiger partial charge in [0.05, 0.1) is 12.3 Å². The SMILES string of the molecule is CC[C@H](COC)Nc1cccc(-c2nc(C)co2)c1. The molecule has 0 aliphatic heterocycles. The number of hydrogen-bond acceptors (Lipinski definition) is 4. The number of anilines is 1. The summed E-state index contributed by atoms with van der Waals surface area (Å²) in [5.74, 6) is 0.654. The van der Waals surface area contributed by atoms with Crippen molar-refractivity contribution in [3.8, 4) is 11.5 Å². The van der Waals surface area contributed by atoms with Crippen LogP contribution in [0.1, 0.15) is 19.0 Å². The summed E-state index contributed by atoms with van der Waals surface area (Å²) < 4.78 is 10.6. The first kappa shape index (κ1) is 13.6. The van der Waals surface area contributed by atoms with Crippen molar-refractivity contribution in [2.75, 3.05) is 19.0 Å². The Labute approximate surface area is 113 Å². The van der Waals surface area contributed by atoms with Crippen LogP contribution >= 0.6 is 0 Å². The lowest BCUT2D eigenvalue weighted by molar-refractivity contribution is 0.184. The van der Waals surface area contributed by atoms with E-state index in [4.69, 9.17) is 9.15 Å². The zero-order valence-corrected chi connectivity index (χ0v) is 11.6. The average Bonchev–Trinajstić information content (AvgIpc) is 2.85. The maximum atomic E-state index is 5.42. The molecule has 0 unspecified atom stereocenters. The van der Waals surface area contributed by atoms with Crippen LogP contribution < -0.4 is 5.32 Å². The number of nitrogens with zero attached hydrogens (tertiary/aromatic N) is 1. The van der Waals surface area contributed by atoms with Crippen LogP contribution in [0.5, 0.6) is 0 Å². The molecular formula is C15H20N2O2. The lowest BCUT2D eigenvalue weighted by Gasteiger charge is -2.17. The van der Waals surface area contributed by atoms with Gasteiger partial charge >= 0.3 is 0 Å². The van der Waals surface area contributed by atoms with Crippen molar-refractivity contribution in [3.63, 3.8) is 0 Å². The molecule has 0 radical (unpaired) electrons. The lowest BCUT2D eigenvalue weighted by atomic mass is 10.1. The van der Waals surface area contributed by atoms with Crippen LogP contribution in [0.25, 0.3) is 11.5 Å². The molecule has 0 amide bonds. The number of aromatic nitrogens is 1. The Morgan fingerprint density at radius 1 is 1.42 bits per heavy atom. The van der Waals surface area contributed by atoms with Crippen LogP contribution in [0.2, 0.25) is 0 Å². The van der Waals surface area contributed by atoms with Gasteiger partial charge < -0.3 is 14.5 Å². The summed E-state index contributed by atoms with van der Waals surface area (Å²) in [4.78, 5) is 4.34. The number of benzene rings is 1. The minimum Gasteiger partial charge on any atom is -0.444 e. The molecular weight excluding hydrogens is 240 g/mol. The standard InChI is InChI=1S/C15H20N2O2/c1-4-13(10-18-3)17-14-7-5-6-12(8-14)15-16-11(2)9-19-15/h5-9,13,17H,4,10H2,1-3H3/t13-/m1/s1. The van der Waals surface area contributed by atoms with Crippen LogP contribution in [0, 0.1) is 6.92 Å². The molecule has 0 aliphatic rings. The number of ether oxygens (including phenoxy) is 1. The molecule has 4 heteroatoms. The number of methoxy groups -OCH3 is 1. The highest BCUT2D eigenvalue weighted by Crippen LogP contribution is 2.22. The number of rotatable bonds is 6. The van der Waals surface area contributed by atoms with Gasteiger partial charge in [0.2, 0.25) is 5.89 Å². The van der Waals surface area contributed by atoms with E-state index < -0.39 is 0 Å². The molecule has 2 rings (SSSR count). The maximum absolute atomic E-state index is 5.42. The van der Waals surface area contributed by atoms with Gasteiger partial charge in [-0.2, -0.15) is 0 Å². The minimum atomic E-state index is 0.312. The molecule has 102 valence electrons. The second-order valence-corrected chi connectivity index (χ2v) is 4.58. The van der Waals surface area contributed by atoms with E-state index in [1.165, 1.54) is 0 Å². The number of nitrogens with one attached hydrogen (secondary N) is 1. The van der Waals surface area contributed by atoms with Gasteiger partial charge in [0.15, 0.2) is 0 Å². The highest BCUT2D eigenvalue weighted by atomic mass is 16.5. The van der Waals surface area contributed by atoms with Crippen molar-refractivity contribution in [1.29, 1.82) is 0 Å². The molecule has 2 aromatic rings. The molecule has 4 nitrogen and oxygen atoms in total. The predicted molar refractivity (Wildman–Crippen MR) is 76.3 cm³/mol. The molecule has 1 heterocycles. The highest BCUT2D eigenvalue weighted by molar-refractivity contribution is 5.61. The fourth-order valence-electron chi connectivity index (χ4n) is 1.93. The highest BCUT2D eigenvalue weighted by Gasteiger charge is 2.08. The van der Waals surface area contributed by atoms with E-state index in [9.17, 15) is 0 Å². The third kappa shape index (κ3) is 3.58. The van der Waals surface area contributed by atoms with Crippen molar-refractivity contribution in [2.45, 2.75) is 26.3 Å². The fraction of sp³-hybridized carbons (Fsp3) is 0.400. The molecule has 19 heavy (non-hydrogen) atoms. The Hall–Kier alpha value is -1.81. The third-order valence-corrected chi connectivity index (χ3v) is 2.96. The minimum absolute atomic E-state index is 0.312. The molecule has 0 bridgehead atoms. The monoisotopic (exact) mass is 260 g/mol. The van der Waals surface area contributed by atoms with Gasteiger partial charge in [-0.05, 0) is 31.5 Å². The van der Waals surface area contributed by atoms with Gasteiger partial charge in [0.1, 0.15) is 6.26 Å². The third-order valence-electron chi connectivity index (χ3n) is 2.96. The van der Waals surface area contributed by atoms with Crippen molar-refractivity contribution in [1.82, 2.24) is 4.98 Å². The maximum Gasteiger partial charge on any atom is 0.226 e. The lowest BCUT2D eigenvalue weighted by Crippen LogP contribution is -2.23. The molecule has 0 fully saturated rings. The van der Waals surface area contributed by atoms with E-state index in [0.717, 1.165) is 23.4 Å². The Bertz CT molecular complexity index is 522. The van der Waals surface area contributed by atoms with Gasteiger partial charge in [0.25, 0.3) is 0 Å². The summed E-state index contributed by atoms with van der Waals surface area (Å²) in [6.45, 7) is 4.75. The van der Waals surface area contributed by atoms with Gasteiger partial charge in [-0.25, -0.2) is 4.98 Å². The van der Waals surface area contributed by atoms with E-state index in [2.05, 4.69) is 17.2 Å². The molecule has 0 spiro atoms. The topological polar surface area (TPSA) is 47.3 Å². The molecule has 0 saturated carbocycles. The molecule has 0 saturated heterocycles. The van der Waals surface area contributed by atoms with Crippen molar-refractivity contribution < 1.29 is 9.15 Å². The molecule has 1 atom stereocenters. The van der Waals surface area contributed by atoms with Crippen LogP contribution in [0.3, 0.4) is 0 Å². The molecule has 1 aromatic heterocycles. The largest absolute Gasteiger partial charge is 0.444 e. The van der Waals surface area contributed by atoms with Crippen molar-refractivity contribution in [2.24, 2.45) is 0 Å². The van der Waals surface area contributed by atoms with Gasteiger partial charge in [-0.15, -0.1) is 0 Å². The number of hydrogen-bond donors (Lipinski definition) is 1. The molecule has 1 N–H and O–H groups in total. The summed E-state index contributed by atoms with van der Waals surface area (Å²) in [5, 5.41) is 3.45. The van der Waals surface area contributed by atoms with Crippen LogP contribution in [-0.4, -0.2) is 24.7 Å². The summed E-state index contributed by atoms with van der Waals surface area (Å²) in [6.07, 6.45) is 2.67. The fourth-order valence-corrected chi connectivity index (χ4v) is 1.93. The van der Waals surface area contributed by atoms with E-state index in [1.807, 2.05) is 31.2 Å². The predicted octanol–water partition coefficient (Wildman–Crippen LogP) is 3.49. The molecule has 0 aliphatic carbocycles. The Morgan fingerprint density at radius 2 is 2.26 bits per heavy atom. The van der Waals surface area contributed by atoms with Crippen LogP contribution in [0.4, 0.5) is 5.69 Å². The van der Waals surface area contributed by atoms with Crippen molar-refractivity contribution >= 4 is 5.69 Å². The summed E-state index contributed by atoms with van der Waals surface area (Å²) in [6, 6.07) is 8.39. The van der Waals surface area contributed by atoms with Gasteiger partial charge in [-0.3, -0.25) is 0 Å². The van der Waals surface area contributed by atoms with Gasteiger partial charge in [0, 0.05) is 24.4 Å². The van der Waals surface area contributed by atoms with Crippen molar-refractivity contribution in [3.05, 3.63) is 36.2 Å². The Balaban J connectivity index is 2.15. The average molecular weight is 260 g/mol. The number of aryl methyl sites for hydroxylation is 1. The Morgan fingerprint density at radius 3 is 2.89 bits per heavy atom. The molecule has 1 aromatic carbocycles. The smallest absolute Gasteiger partial charge is 0.226 e. The van der Waals surface area contributed by atoms with E-state index >= 15 is 0 Å². The van der Waals surface area contributed by atoms with Crippen LogP contribution in [0.15, 0.2) is 34.9 Å². The zero-order valence-electron chi connectivity index (χ0n) is 11.6.